The molecule has 0 saturated heterocycles. The van der Waals surface area contributed by atoms with Crippen LogP contribution in [0, 0.1) is 0 Å². The third-order valence-corrected chi connectivity index (χ3v) is 2.21. The summed E-state index contributed by atoms with van der Waals surface area (Å²) in [5.74, 6) is 0.531. The van der Waals surface area contributed by atoms with Crippen LogP contribution in [0.5, 0.6) is 5.75 Å². The van der Waals surface area contributed by atoms with Crippen LogP contribution in [0.15, 0.2) is 18.2 Å². The van der Waals surface area contributed by atoms with Crippen LogP contribution >= 0.6 is 0 Å². The van der Waals surface area contributed by atoms with Crippen LogP contribution in [-0.2, 0) is 6.42 Å². The summed E-state index contributed by atoms with van der Waals surface area (Å²) < 4.78 is 29.9. The molecule has 0 aliphatic rings. The molecule has 0 heterocycles. The second-order valence-corrected chi connectivity index (χ2v) is 3.23. The maximum absolute atomic E-state index is 12.4. The molecule has 0 aliphatic carbocycles. The number of likely N-dealkylation sites (N-methyl/N-ethyl adjacent to an activating group) is 1. The Morgan fingerprint density at radius 3 is 2.67 bits per heavy atom. The van der Waals surface area contributed by atoms with Crippen molar-refractivity contribution in [2.75, 3.05) is 20.7 Å². The third-order valence-electron chi connectivity index (χ3n) is 2.21. The molecule has 1 aromatic carbocycles. The van der Waals surface area contributed by atoms with Gasteiger partial charge in [0.15, 0.2) is 0 Å². The quantitative estimate of drug-likeness (QED) is 0.814. The van der Waals surface area contributed by atoms with Crippen molar-refractivity contribution in [3.05, 3.63) is 29.3 Å². The first-order chi connectivity index (χ1) is 7.19. The Hall–Kier alpha value is -1.16. The van der Waals surface area contributed by atoms with E-state index in [2.05, 4.69) is 5.32 Å². The zero-order valence-electron chi connectivity index (χ0n) is 8.89. The predicted octanol–water partition coefficient (Wildman–Crippen LogP) is 2.39. The molecule has 1 aromatic rings. The Bertz CT molecular complexity index is 315. The number of ether oxygens (including phenoxy) is 1. The standard InChI is InChI=1S/C11H15F2NO/c1-14-6-5-8-3-4-9(11(12)13)7-10(8)15-2/h3-4,7,11,14H,5-6H2,1-2H3. The van der Waals surface area contributed by atoms with Crippen molar-refractivity contribution < 1.29 is 13.5 Å². The molecule has 0 fully saturated rings. The van der Waals surface area contributed by atoms with Gasteiger partial charge in [0, 0.05) is 5.56 Å². The number of methoxy groups -OCH3 is 1. The van der Waals surface area contributed by atoms with Crippen LogP contribution in [0.25, 0.3) is 0 Å². The number of halogens is 2. The van der Waals surface area contributed by atoms with E-state index in [0.717, 1.165) is 18.5 Å². The van der Waals surface area contributed by atoms with Gasteiger partial charge in [0.1, 0.15) is 5.75 Å². The Labute approximate surface area is 88.3 Å². The van der Waals surface area contributed by atoms with E-state index >= 15 is 0 Å². The fraction of sp³-hybridized carbons (Fsp3) is 0.455. The molecule has 0 bridgehead atoms. The van der Waals surface area contributed by atoms with Gasteiger partial charge in [0.25, 0.3) is 6.43 Å². The predicted molar refractivity (Wildman–Crippen MR) is 55.6 cm³/mol. The molecule has 1 N–H and O–H groups in total. The van der Waals surface area contributed by atoms with E-state index in [0.29, 0.717) is 5.75 Å². The first-order valence-corrected chi connectivity index (χ1v) is 4.78. The van der Waals surface area contributed by atoms with Gasteiger partial charge >= 0.3 is 0 Å². The summed E-state index contributed by atoms with van der Waals surface area (Å²) >= 11 is 0. The van der Waals surface area contributed by atoms with Crippen LogP contribution in [0.1, 0.15) is 17.6 Å². The number of nitrogens with one attached hydrogen (secondary N) is 1. The molecule has 0 spiro atoms. The number of benzene rings is 1. The van der Waals surface area contributed by atoms with Crippen molar-refractivity contribution in [1.82, 2.24) is 5.32 Å². The van der Waals surface area contributed by atoms with Gasteiger partial charge in [0.05, 0.1) is 7.11 Å². The molecule has 2 nitrogen and oxygen atoms in total. The lowest BCUT2D eigenvalue weighted by Gasteiger charge is -2.10. The molecule has 0 atom stereocenters. The third kappa shape index (κ3) is 3.16. The molecule has 0 aromatic heterocycles. The second kappa shape index (κ2) is 5.66. The van der Waals surface area contributed by atoms with Crippen molar-refractivity contribution in [2.45, 2.75) is 12.8 Å². The zero-order chi connectivity index (χ0) is 11.3. The van der Waals surface area contributed by atoms with Gasteiger partial charge in [-0.1, -0.05) is 12.1 Å². The lowest BCUT2D eigenvalue weighted by atomic mass is 10.1. The fourth-order valence-electron chi connectivity index (χ4n) is 1.36. The van der Waals surface area contributed by atoms with Crippen LogP contribution in [0.3, 0.4) is 0 Å². The molecule has 1 rings (SSSR count). The first-order valence-electron chi connectivity index (χ1n) is 4.78. The van der Waals surface area contributed by atoms with E-state index in [1.807, 2.05) is 7.05 Å². The van der Waals surface area contributed by atoms with Crippen molar-refractivity contribution in [2.24, 2.45) is 0 Å². The van der Waals surface area contributed by atoms with Crippen molar-refractivity contribution >= 4 is 0 Å². The average molecular weight is 215 g/mol. The molecule has 0 unspecified atom stereocenters. The summed E-state index contributed by atoms with van der Waals surface area (Å²) in [5.41, 5.74) is 0.941. The molecule has 15 heavy (non-hydrogen) atoms. The minimum absolute atomic E-state index is 0.0000534. The molecule has 84 valence electrons. The second-order valence-electron chi connectivity index (χ2n) is 3.23. The van der Waals surface area contributed by atoms with E-state index in [1.54, 1.807) is 6.07 Å². The summed E-state index contributed by atoms with van der Waals surface area (Å²) in [6.45, 7) is 0.796. The molecule has 0 amide bonds. The minimum Gasteiger partial charge on any atom is -0.496 e. The van der Waals surface area contributed by atoms with E-state index in [-0.39, 0.29) is 5.56 Å². The van der Waals surface area contributed by atoms with Crippen molar-refractivity contribution in [3.8, 4) is 5.75 Å². The maximum atomic E-state index is 12.4. The zero-order valence-corrected chi connectivity index (χ0v) is 8.89. The normalized spacial score (nSPS) is 10.7. The molecular formula is C11H15F2NO. The van der Waals surface area contributed by atoms with E-state index in [1.165, 1.54) is 19.2 Å². The van der Waals surface area contributed by atoms with E-state index in [9.17, 15) is 8.78 Å². The maximum Gasteiger partial charge on any atom is 0.263 e. The molecule has 0 aliphatic heterocycles. The molecular weight excluding hydrogens is 200 g/mol. The SMILES string of the molecule is CNCCc1ccc(C(F)F)cc1OC. The fourth-order valence-corrected chi connectivity index (χ4v) is 1.36. The summed E-state index contributed by atoms with van der Waals surface area (Å²) in [4.78, 5) is 0. The molecule has 0 saturated carbocycles. The lowest BCUT2D eigenvalue weighted by molar-refractivity contribution is 0.151. The Kier molecular flexibility index (Phi) is 4.49. The van der Waals surface area contributed by atoms with E-state index < -0.39 is 6.43 Å². The number of alkyl halides is 2. The summed E-state index contributed by atoms with van der Waals surface area (Å²) in [6.07, 6.45) is -1.68. The van der Waals surface area contributed by atoms with Gasteiger partial charge in [-0.05, 0) is 31.6 Å². The van der Waals surface area contributed by atoms with Gasteiger partial charge in [-0.15, -0.1) is 0 Å². The monoisotopic (exact) mass is 215 g/mol. The summed E-state index contributed by atoms with van der Waals surface area (Å²) in [5, 5.41) is 3.00. The van der Waals surface area contributed by atoms with Crippen molar-refractivity contribution in [3.63, 3.8) is 0 Å². The highest BCUT2D eigenvalue weighted by molar-refractivity contribution is 5.38. The largest absolute Gasteiger partial charge is 0.496 e. The van der Waals surface area contributed by atoms with Crippen LogP contribution in [0.2, 0.25) is 0 Å². The molecule has 4 heteroatoms. The summed E-state index contributed by atoms with van der Waals surface area (Å²) in [6, 6.07) is 4.53. The van der Waals surface area contributed by atoms with Crippen molar-refractivity contribution in [1.29, 1.82) is 0 Å². The lowest BCUT2D eigenvalue weighted by Crippen LogP contribution is -2.11. The highest BCUT2D eigenvalue weighted by Crippen LogP contribution is 2.26. The van der Waals surface area contributed by atoms with Gasteiger partial charge in [0.2, 0.25) is 0 Å². The Balaban J connectivity index is 2.88. The van der Waals surface area contributed by atoms with Gasteiger partial charge < -0.3 is 10.1 Å². The van der Waals surface area contributed by atoms with Crippen LogP contribution < -0.4 is 10.1 Å². The minimum atomic E-state index is -2.45. The van der Waals surface area contributed by atoms with Gasteiger partial charge in [-0.25, -0.2) is 8.78 Å². The summed E-state index contributed by atoms with van der Waals surface area (Å²) in [7, 11) is 3.34. The Morgan fingerprint density at radius 1 is 1.40 bits per heavy atom. The van der Waals surface area contributed by atoms with Crippen LogP contribution in [0.4, 0.5) is 8.78 Å². The Morgan fingerprint density at radius 2 is 2.13 bits per heavy atom. The highest BCUT2D eigenvalue weighted by atomic mass is 19.3. The van der Waals surface area contributed by atoms with Gasteiger partial charge in [-0.2, -0.15) is 0 Å². The highest BCUT2D eigenvalue weighted by Gasteiger charge is 2.10. The number of hydrogen-bond donors (Lipinski definition) is 1. The van der Waals surface area contributed by atoms with Gasteiger partial charge in [-0.3, -0.25) is 0 Å². The number of rotatable bonds is 5. The average Bonchev–Trinajstić information content (AvgIpc) is 2.25. The molecule has 0 radical (unpaired) electrons. The first kappa shape index (κ1) is 11.9. The smallest absolute Gasteiger partial charge is 0.263 e. The topological polar surface area (TPSA) is 21.3 Å². The van der Waals surface area contributed by atoms with E-state index in [4.69, 9.17) is 4.74 Å². The number of hydrogen-bond acceptors (Lipinski definition) is 2. The van der Waals surface area contributed by atoms with Crippen LogP contribution in [-0.4, -0.2) is 20.7 Å².